The van der Waals surface area contributed by atoms with Gasteiger partial charge in [-0.15, -0.1) is 0 Å². The minimum Gasteiger partial charge on any atom is -0.479 e. The van der Waals surface area contributed by atoms with Crippen molar-refractivity contribution < 1.29 is 14.6 Å². The average molecular weight is 334 g/mol. The van der Waals surface area contributed by atoms with Crippen LogP contribution < -0.4 is 10.1 Å². The van der Waals surface area contributed by atoms with Gasteiger partial charge >= 0.3 is 0 Å². The standard InChI is InChI=1S/C15H21Cl2NO3/c1-10(14(20)18-9-15(2,3)7-8-19)21-12-6-4-5-11(16)13(12)17/h4-6,10,19H,7-9H2,1-3H3,(H,18,20). The van der Waals surface area contributed by atoms with Crippen LogP contribution in [-0.4, -0.2) is 30.3 Å². The van der Waals surface area contributed by atoms with Crippen molar-refractivity contribution in [1.82, 2.24) is 5.32 Å². The molecule has 0 aliphatic heterocycles. The van der Waals surface area contributed by atoms with Gasteiger partial charge in [0.15, 0.2) is 6.10 Å². The van der Waals surface area contributed by atoms with E-state index in [0.29, 0.717) is 28.8 Å². The molecule has 1 aromatic carbocycles. The Hall–Kier alpha value is -0.970. The molecule has 0 heterocycles. The van der Waals surface area contributed by atoms with Crippen molar-refractivity contribution in [3.05, 3.63) is 28.2 Å². The van der Waals surface area contributed by atoms with Gasteiger partial charge in [0.1, 0.15) is 10.8 Å². The molecule has 1 amide bonds. The third kappa shape index (κ3) is 5.73. The largest absolute Gasteiger partial charge is 0.479 e. The molecule has 0 aromatic heterocycles. The lowest BCUT2D eigenvalue weighted by atomic mass is 9.90. The predicted octanol–water partition coefficient (Wildman–Crippen LogP) is 3.29. The summed E-state index contributed by atoms with van der Waals surface area (Å²) in [5.41, 5.74) is -0.169. The highest BCUT2D eigenvalue weighted by molar-refractivity contribution is 6.42. The molecule has 6 heteroatoms. The van der Waals surface area contributed by atoms with Gasteiger partial charge in [0, 0.05) is 13.2 Å². The predicted molar refractivity (Wildman–Crippen MR) is 85.0 cm³/mol. The first-order valence-corrected chi connectivity index (χ1v) is 7.51. The number of hydrogen-bond acceptors (Lipinski definition) is 3. The van der Waals surface area contributed by atoms with Crippen LogP contribution in [0.4, 0.5) is 0 Å². The van der Waals surface area contributed by atoms with Crippen LogP contribution in [0.5, 0.6) is 5.75 Å². The van der Waals surface area contributed by atoms with Crippen molar-refractivity contribution in [3.63, 3.8) is 0 Å². The van der Waals surface area contributed by atoms with Gasteiger partial charge in [-0.25, -0.2) is 0 Å². The van der Waals surface area contributed by atoms with Crippen LogP contribution >= 0.6 is 23.2 Å². The van der Waals surface area contributed by atoms with E-state index in [1.807, 2.05) is 13.8 Å². The summed E-state index contributed by atoms with van der Waals surface area (Å²) in [7, 11) is 0. The second-order valence-electron chi connectivity index (χ2n) is 5.67. The highest BCUT2D eigenvalue weighted by atomic mass is 35.5. The summed E-state index contributed by atoms with van der Waals surface area (Å²) in [5, 5.41) is 12.4. The summed E-state index contributed by atoms with van der Waals surface area (Å²) in [4.78, 5) is 12.0. The van der Waals surface area contributed by atoms with Crippen molar-refractivity contribution in [3.8, 4) is 5.75 Å². The molecule has 21 heavy (non-hydrogen) atoms. The lowest BCUT2D eigenvalue weighted by Gasteiger charge is -2.25. The Bertz CT molecular complexity index is 492. The molecular formula is C15H21Cl2NO3. The molecule has 2 N–H and O–H groups in total. The number of carbonyl (C=O) groups excluding carboxylic acids is 1. The number of rotatable bonds is 7. The van der Waals surface area contributed by atoms with E-state index in [1.165, 1.54) is 0 Å². The van der Waals surface area contributed by atoms with E-state index in [0.717, 1.165) is 0 Å². The Labute approximate surface area is 135 Å². The molecule has 0 bridgehead atoms. The van der Waals surface area contributed by atoms with Gasteiger partial charge in [-0.1, -0.05) is 43.1 Å². The second-order valence-corrected chi connectivity index (χ2v) is 6.45. The number of aliphatic hydroxyl groups excluding tert-OH is 1. The van der Waals surface area contributed by atoms with Crippen LogP contribution in [0.1, 0.15) is 27.2 Å². The van der Waals surface area contributed by atoms with Gasteiger partial charge in [-0.2, -0.15) is 0 Å². The maximum Gasteiger partial charge on any atom is 0.260 e. The molecule has 1 unspecified atom stereocenters. The number of amides is 1. The first kappa shape index (κ1) is 18.1. The van der Waals surface area contributed by atoms with Gasteiger partial charge in [0.25, 0.3) is 5.91 Å². The Morgan fingerprint density at radius 1 is 1.43 bits per heavy atom. The number of aliphatic hydroxyl groups is 1. The molecular weight excluding hydrogens is 313 g/mol. The number of halogens is 2. The fourth-order valence-corrected chi connectivity index (χ4v) is 2.02. The van der Waals surface area contributed by atoms with E-state index in [9.17, 15) is 4.79 Å². The summed E-state index contributed by atoms with van der Waals surface area (Å²) in [6, 6.07) is 5.02. The van der Waals surface area contributed by atoms with Crippen LogP contribution in [0.2, 0.25) is 10.0 Å². The molecule has 0 fully saturated rings. The molecule has 0 aliphatic rings. The van der Waals surface area contributed by atoms with Gasteiger partial charge in [0.2, 0.25) is 0 Å². The van der Waals surface area contributed by atoms with E-state index in [-0.39, 0.29) is 17.9 Å². The fraction of sp³-hybridized carbons (Fsp3) is 0.533. The zero-order valence-corrected chi connectivity index (χ0v) is 14.0. The summed E-state index contributed by atoms with van der Waals surface area (Å²) in [6.45, 7) is 6.15. The summed E-state index contributed by atoms with van der Waals surface area (Å²) >= 11 is 11.9. The minimum absolute atomic E-state index is 0.0903. The van der Waals surface area contributed by atoms with Crippen LogP contribution in [0.15, 0.2) is 18.2 Å². The zero-order chi connectivity index (χ0) is 16.0. The van der Waals surface area contributed by atoms with Gasteiger partial charge in [0.05, 0.1) is 5.02 Å². The average Bonchev–Trinajstić information content (AvgIpc) is 2.41. The highest BCUT2D eigenvalue weighted by Crippen LogP contribution is 2.32. The monoisotopic (exact) mass is 333 g/mol. The number of ether oxygens (including phenoxy) is 1. The second kappa shape index (κ2) is 7.87. The van der Waals surface area contributed by atoms with Gasteiger partial charge in [-0.3, -0.25) is 4.79 Å². The topological polar surface area (TPSA) is 58.6 Å². The third-order valence-electron chi connectivity index (χ3n) is 3.12. The number of hydrogen-bond donors (Lipinski definition) is 2. The Kier molecular flexibility index (Phi) is 6.78. The van der Waals surface area contributed by atoms with Crippen molar-refractivity contribution in [1.29, 1.82) is 0 Å². The lowest BCUT2D eigenvalue weighted by Crippen LogP contribution is -2.41. The van der Waals surface area contributed by atoms with Crippen LogP contribution in [-0.2, 0) is 4.79 Å². The molecule has 0 aliphatic carbocycles. The van der Waals surface area contributed by atoms with E-state index in [4.69, 9.17) is 33.0 Å². The highest BCUT2D eigenvalue weighted by Gasteiger charge is 2.21. The number of benzene rings is 1. The maximum absolute atomic E-state index is 12.0. The van der Waals surface area contributed by atoms with Crippen molar-refractivity contribution in [2.75, 3.05) is 13.2 Å². The van der Waals surface area contributed by atoms with E-state index in [1.54, 1.807) is 25.1 Å². The fourth-order valence-electron chi connectivity index (χ4n) is 1.68. The van der Waals surface area contributed by atoms with Gasteiger partial charge in [-0.05, 0) is 30.9 Å². The van der Waals surface area contributed by atoms with E-state index < -0.39 is 6.10 Å². The van der Waals surface area contributed by atoms with Crippen LogP contribution in [0.25, 0.3) is 0 Å². The molecule has 0 spiro atoms. The molecule has 0 saturated heterocycles. The third-order valence-corrected chi connectivity index (χ3v) is 3.92. The molecule has 1 rings (SSSR count). The normalized spacial score (nSPS) is 12.9. The van der Waals surface area contributed by atoms with Crippen LogP contribution in [0, 0.1) is 5.41 Å². The molecule has 4 nitrogen and oxygen atoms in total. The van der Waals surface area contributed by atoms with Gasteiger partial charge < -0.3 is 15.2 Å². The quantitative estimate of drug-likeness (QED) is 0.804. The molecule has 1 atom stereocenters. The zero-order valence-electron chi connectivity index (χ0n) is 12.5. The summed E-state index contributed by atoms with van der Waals surface area (Å²) in [5.74, 6) is 0.137. The minimum atomic E-state index is -0.689. The van der Waals surface area contributed by atoms with E-state index >= 15 is 0 Å². The first-order valence-electron chi connectivity index (χ1n) is 6.76. The SMILES string of the molecule is CC(Oc1cccc(Cl)c1Cl)C(=O)NCC(C)(C)CCO. The smallest absolute Gasteiger partial charge is 0.260 e. The first-order chi connectivity index (χ1) is 9.76. The van der Waals surface area contributed by atoms with Crippen molar-refractivity contribution in [2.24, 2.45) is 5.41 Å². The molecule has 1 aromatic rings. The van der Waals surface area contributed by atoms with E-state index in [2.05, 4.69) is 5.32 Å². The summed E-state index contributed by atoms with van der Waals surface area (Å²) in [6.07, 6.45) is -0.0753. The Balaban J connectivity index is 2.57. The number of carbonyl (C=O) groups is 1. The van der Waals surface area contributed by atoms with Crippen molar-refractivity contribution in [2.45, 2.75) is 33.3 Å². The summed E-state index contributed by atoms with van der Waals surface area (Å²) < 4.78 is 5.54. The number of nitrogens with one attached hydrogen (secondary N) is 1. The molecule has 118 valence electrons. The van der Waals surface area contributed by atoms with Crippen molar-refractivity contribution >= 4 is 29.1 Å². The maximum atomic E-state index is 12.0. The lowest BCUT2D eigenvalue weighted by molar-refractivity contribution is -0.127. The molecule has 0 saturated carbocycles. The van der Waals surface area contributed by atoms with Crippen LogP contribution in [0.3, 0.4) is 0 Å². The molecule has 0 radical (unpaired) electrons. The Morgan fingerprint density at radius 3 is 2.71 bits per heavy atom. The Morgan fingerprint density at radius 2 is 2.10 bits per heavy atom.